The Hall–Kier alpha value is -5.77. The Labute approximate surface area is 337 Å². The van der Waals surface area contributed by atoms with E-state index >= 15 is 0 Å². The summed E-state index contributed by atoms with van der Waals surface area (Å²) in [4.78, 5) is 81.0. The smallest absolute Gasteiger partial charge is 0.264 e. The number of unbranched alkanes of at least 4 members (excludes halogenated alkanes) is 1. The van der Waals surface area contributed by atoms with Crippen LogP contribution in [0, 0.1) is 13.8 Å². The first-order valence-electron chi connectivity index (χ1n) is 18.0. The number of aromatic nitrogens is 1. The number of amides is 6. The van der Waals surface area contributed by atoms with E-state index in [1.54, 1.807) is 50.3 Å². The number of piperidine rings is 1. The second kappa shape index (κ2) is 15.6. The fraction of sp³-hybridized carbons (Fsp3) is 0.250. The molecule has 1 unspecified atom stereocenters. The zero-order valence-electron chi connectivity index (χ0n) is 30.7. The van der Waals surface area contributed by atoms with Gasteiger partial charge >= 0.3 is 0 Å². The average molecular weight is 832 g/mol. The zero-order valence-corrected chi connectivity index (χ0v) is 33.0. The summed E-state index contributed by atoms with van der Waals surface area (Å²) in [5.74, 6) is -3.48. The first-order chi connectivity index (χ1) is 27.2. The van der Waals surface area contributed by atoms with Crippen LogP contribution in [0.3, 0.4) is 0 Å². The summed E-state index contributed by atoms with van der Waals surface area (Å²) in [6.45, 7) is 4.25. The molecule has 3 aliphatic rings. The third kappa shape index (κ3) is 7.57. The summed E-state index contributed by atoms with van der Waals surface area (Å²) in [6.07, 6.45) is 2.86. The summed E-state index contributed by atoms with van der Waals surface area (Å²) in [7, 11) is -3.91. The van der Waals surface area contributed by atoms with E-state index in [4.69, 9.17) is 23.2 Å². The van der Waals surface area contributed by atoms with Gasteiger partial charge < -0.3 is 20.9 Å². The van der Waals surface area contributed by atoms with Crippen molar-refractivity contribution in [3.05, 3.63) is 109 Å². The van der Waals surface area contributed by atoms with Gasteiger partial charge in [-0.15, -0.1) is 0 Å². The second-order valence-corrected chi connectivity index (χ2v) is 16.7. The molecule has 57 heavy (non-hydrogen) atoms. The summed E-state index contributed by atoms with van der Waals surface area (Å²) < 4.78 is 26.9. The monoisotopic (exact) mass is 830 g/mol. The zero-order chi connectivity index (χ0) is 40.8. The summed E-state index contributed by atoms with van der Waals surface area (Å²) in [6, 6.07) is 12.9. The second-order valence-electron chi connectivity index (χ2n) is 13.9. The number of nitrogens with one attached hydrogen (secondary N) is 5. The predicted octanol–water partition coefficient (Wildman–Crippen LogP) is 5.43. The van der Waals surface area contributed by atoms with Crippen LogP contribution in [0.1, 0.15) is 84.8 Å². The minimum Gasteiger partial charge on any atom is -0.384 e. The lowest BCUT2D eigenvalue weighted by atomic mass is 10.0. The van der Waals surface area contributed by atoms with E-state index in [0.717, 1.165) is 4.90 Å². The van der Waals surface area contributed by atoms with Gasteiger partial charge in [-0.2, -0.15) is 0 Å². The standard InChI is InChI=1S/C40H36Cl2N6O8S/c1-20-31(18-25-24-17-22(11-12-29(24)46-36(25)50)57(55,56)19-26-27(41)8-6-9-28(26)42)45-21(2)34(20)38(52)44-16-4-3-15-43-30-10-5-7-23-35(30)40(54)48(39(23)53)32-13-14-33(49)47-37(32)51/h5-12,17-18,32,43,45H,3-4,13-16,19H2,1-2H3,(H,44,52)(H,46,50)(H,47,49,51). The number of imide groups is 2. The number of benzene rings is 3. The van der Waals surface area contributed by atoms with Crippen molar-refractivity contribution < 1.29 is 37.2 Å². The number of hydrogen-bond donors (Lipinski definition) is 5. The Bertz CT molecular complexity index is 2550. The van der Waals surface area contributed by atoms with Gasteiger partial charge in [-0.25, -0.2) is 8.42 Å². The summed E-state index contributed by atoms with van der Waals surface area (Å²) in [5.41, 5.74) is 4.23. The molecular weight excluding hydrogens is 795 g/mol. The number of fused-ring (bicyclic) bond motifs is 2. The third-order valence-electron chi connectivity index (χ3n) is 10.2. The van der Waals surface area contributed by atoms with E-state index in [0.29, 0.717) is 65.4 Å². The fourth-order valence-electron chi connectivity index (χ4n) is 7.28. The highest BCUT2D eigenvalue weighted by Gasteiger charge is 2.45. The number of rotatable bonds is 12. The quantitative estimate of drug-likeness (QED) is 0.0701. The number of carbonyl (C=O) groups excluding carboxylic acids is 6. The first-order valence-corrected chi connectivity index (χ1v) is 20.5. The van der Waals surface area contributed by atoms with Gasteiger partial charge in [0.1, 0.15) is 6.04 Å². The van der Waals surface area contributed by atoms with Gasteiger partial charge in [-0.1, -0.05) is 35.3 Å². The minimum atomic E-state index is -3.91. The number of hydrogen-bond acceptors (Lipinski definition) is 9. The molecule has 7 rings (SSSR count). The van der Waals surface area contributed by atoms with Crippen LogP contribution in [0.15, 0.2) is 59.5 Å². The van der Waals surface area contributed by atoms with Crippen molar-refractivity contribution in [3.63, 3.8) is 0 Å². The van der Waals surface area contributed by atoms with Crippen LogP contribution in [-0.2, 0) is 30.0 Å². The number of carbonyl (C=O) groups is 6. The van der Waals surface area contributed by atoms with Crippen molar-refractivity contribution in [3.8, 4) is 0 Å². The topological polar surface area (TPSA) is 204 Å². The number of sulfone groups is 1. The van der Waals surface area contributed by atoms with Crippen molar-refractivity contribution in [2.75, 3.05) is 23.7 Å². The molecule has 6 amide bonds. The molecule has 0 saturated carbocycles. The van der Waals surface area contributed by atoms with Crippen molar-refractivity contribution >= 4 is 91.5 Å². The molecule has 1 saturated heterocycles. The number of aryl methyl sites for hydroxylation is 1. The Balaban J connectivity index is 0.971. The maximum absolute atomic E-state index is 13.4. The number of halogens is 2. The van der Waals surface area contributed by atoms with E-state index in [-0.39, 0.29) is 56.0 Å². The van der Waals surface area contributed by atoms with Gasteiger partial charge in [0.2, 0.25) is 11.8 Å². The molecule has 14 nitrogen and oxygen atoms in total. The van der Waals surface area contributed by atoms with Gasteiger partial charge in [0.05, 0.1) is 32.9 Å². The predicted molar refractivity (Wildman–Crippen MR) is 214 cm³/mol. The highest BCUT2D eigenvalue weighted by Crippen LogP contribution is 2.37. The Kier molecular flexibility index (Phi) is 10.8. The van der Waals surface area contributed by atoms with Crippen molar-refractivity contribution in [1.29, 1.82) is 0 Å². The normalized spacial score (nSPS) is 17.1. The SMILES string of the molecule is Cc1[nH]c(C=C2C(=O)Nc3ccc(S(=O)(=O)Cc4c(Cl)cccc4Cl)cc32)c(C)c1C(=O)NCCCCNc1cccc2c1C(=O)N(C1CCC(=O)NC1=O)C2=O. The third-order valence-corrected chi connectivity index (χ3v) is 12.5. The maximum Gasteiger partial charge on any atom is 0.264 e. The molecule has 294 valence electrons. The highest BCUT2D eigenvalue weighted by molar-refractivity contribution is 7.90. The van der Waals surface area contributed by atoms with E-state index in [1.165, 1.54) is 24.3 Å². The van der Waals surface area contributed by atoms with Crippen LogP contribution >= 0.6 is 23.2 Å². The van der Waals surface area contributed by atoms with Crippen LogP contribution in [0.5, 0.6) is 0 Å². The average Bonchev–Trinajstić information content (AvgIpc) is 3.73. The molecule has 1 fully saturated rings. The van der Waals surface area contributed by atoms with Gasteiger partial charge in [0, 0.05) is 63.4 Å². The number of aromatic amines is 1. The Morgan fingerprint density at radius 2 is 1.63 bits per heavy atom. The lowest BCUT2D eigenvalue weighted by Crippen LogP contribution is -2.54. The Morgan fingerprint density at radius 3 is 2.37 bits per heavy atom. The molecule has 1 atom stereocenters. The molecule has 1 aromatic heterocycles. The number of H-pyrrole nitrogens is 1. The van der Waals surface area contributed by atoms with Crippen LogP contribution in [0.4, 0.5) is 11.4 Å². The molecule has 4 heterocycles. The largest absolute Gasteiger partial charge is 0.384 e. The Morgan fingerprint density at radius 1 is 0.912 bits per heavy atom. The van der Waals surface area contributed by atoms with Crippen LogP contribution < -0.4 is 21.3 Å². The molecule has 5 N–H and O–H groups in total. The molecule has 3 aliphatic heterocycles. The van der Waals surface area contributed by atoms with E-state index in [1.807, 2.05) is 0 Å². The maximum atomic E-state index is 13.4. The number of nitrogens with zero attached hydrogens (tertiary/aromatic N) is 1. The molecule has 0 radical (unpaired) electrons. The molecule has 0 aliphatic carbocycles. The lowest BCUT2D eigenvalue weighted by Gasteiger charge is -2.27. The van der Waals surface area contributed by atoms with Crippen LogP contribution in [0.2, 0.25) is 10.0 Å². The van der Waals surface area contributed by atoms with Gasteiger partial charge in [-0.05, 0) is 87.2 Å². The van der Waals surface area contributed by atoms with Crippen molar-refractivity contribution in [1.82, 2.24) is 20.5 Å². The fourth-order valence-corrected chi connectivity index (χ4v) is 9.40. The van der Waals surface area contributed by atoms with Crippen molar-refractivity contribution in [2.24, 2.45) is 0 Å². The first kappa shape index (κ1) is 39.5. The van der Waals surface area contributed by atoms with Crippen LogP contribution in [-0.4, -0.2) is 72.9 Å². The molecule has 0 spiro atoms. The van der Waals surface area contributed by atoms with Crippen LogP contribution in [0.25, 0.3) is 11.6 Å². The molecule has 0 bridgehead atoms. The minimum absolute atomic E-state index is 0.0121. The molecule has 4 aromatic rings. The molecular formula is C40H36Cl2N6O8S. The van der Waals surface area contributed by atoms with E-state index in [9.17, 15) is 37.2 Å². The number of anilines is 2. The van der Waals surface area contributed by atoms with Crippen molar-refractivity contribution in [2.45, 2.75) is 56.2 Å². The van der Waals surface area contributed by atoms with Gasteiger partial charge in [-0.3, -0.25) is 39.0 Å². The highest BCUT2D eigenvalue weighted by atomic mass is 35.5. The van der Waals surface area contributed by atoms with E-state index in [2.05, 4.69) is 26.3 Å². The van der Waals surface area contributed by atoms with Gasteiger partial charge in [0.15, 0.2) is 9.84 Å². The van der Waals surface area contributed by atoms with Gasteiger partial charge in [0.25, 0.3) is 23.6 Å². The molecule has 17 heteroatoms. The van der Waals surface area contributed by atoms with E-state index < -0.39 is 51.2 Å². The lowest BCUT2D eigenvalue weighted by molar-refractivity contribution is -0.136. The summed E-state index contributed by atoms with van der Waals surface area (Å²) in [5, 5.41) is 11.5. The molecule has 3 aromatic carbocycles. The summed E-state index contributed by atoms with van der Waals surface area (Å²) >= 11 is 12.5.